The first-order valence-corrected chi connectivity index (χ1v) is 6.31. The van der Waals surface area contributed by atoms with Gasteiger partial charge >= 0.3 is 5.97 Å². The van der Waals surface area contributed by atoms with Gasteiger partial charge in [0.05, 0.1) is 19.3 Å². The number of hydrogen-bond donors (Lipinski definition) is 1. The lowest BCUT2D eigenvalue weighted by molar-refractivity contribution is -0.153. The van der Waals surface area contributed by atoms with E-state index in [9.17, 15) is 9.90 Å². The van der Waals surface area contributed by atoms with Crippen LogP contribution >= 0.6 is 0 Å². The summed E-state index contributed by atoms with van der Waals surface area (Å²) in [4.78, 5) is 13.3. The Kier molecular flexibility index (Phi) is 4.36. The first-order valence-electron chi connectivity index (χ1n) is 6.31. The summed E-state index contributed by atoms with van der Waals surface area (Å²) in [5, 5.41) is 9.21. The van der Waals surface area contributed by atoms with Crippen LogP contribution in [0.25, 0.3) is 0 Å². The lowest BCUT2D eigenvalue weighted by Gasteiger charge is -2.42. The number of carboxylic acid groups (broad SMARTS) is 1. The second-order valence-corrected chi connectivity index (χ2v) is 4.84. The van der Waals surface area contributed by atoms with E-state index in [1.54, 1.807) is 7.11 Å². The molecule has 3 unspecified atom stereocenters. The Morgan fingerprint density at radius 3 is 3.00 bits per heavy atom. The van der Waals surface area contributed by atoms with E-state index in [0.29, 0.717) is 19.3 Å². The van der Waals surface area contributed by atoms with Gasteiger partial charge in [-0.05, 0) is 25.7 Å². The van der Waals surface area contributed by atoms with Gasteiger partial charge in [-0.2, -0.15) is 0 Å². The highest BCUT2D eigenvalue weighted by Crippen LogP contribution is 2.27. The number of carboxylic acids is 1. The van der Waals surface area contributed by atoms with Crippen molar-refractivity contribution in [1.29, 1.82) is 0 Å². The van der Waals surface area contributed by atoms with Crippen molar-refractivity contribution in [2.24, 2.45) is 0 Å². The summed E-state index contributed by atoms with van der Waals surface area (Å²) in [6.07, 6.45) is 4.51. The molecular weight excluding hydrogens is 222 g/mol. The molecule has 0 spiro atoms. The molecule has 1 aliphatic carbocycles. The average molecular weight is 243 g/mol. The van der Waals surface area contributed by atoms with Gasteiger partial charge < -0.3 is 14.6 Å². The van der Waals surface area contributed by atoms with Gasteiger partial charge in [-0.15, -0.1) is 0 Å². The fourth-order valence-electron chi connectivity index (χ4n) is 2.90. The Morgan fingerprint density at radius 2 is 2.29 bits per heavy atom. The Morgan fingerprint density at radius 1 is 1.47 bits per heavy atom. The minimum absolute atomic E-state index is 0.283. The lowest BCUT2D eigenvalue weighted by atomic mass is 9.90. The summed E-state index contributed by atoms with van der Waals surface area (Å²) in [6, 6.07) is -0.150. The molecule has 5 heteroatoms. The summed E-state index contributed by atoms with van der Waals surface area (Å²) in [5.41, 5.74) is 0. The molecule has 1 heterocycles. The maximum Gasteiger partial charge on any atom is 0.323 e. The number of carbonyl (C=O) groups is 1. The van der Waals surface area contributed by atoms with Crippen molar-refractivity contribution >= 4 is 5.97 Å². The van der Waals surface area contributed by atoms with Crippen molar-refractivity contribution in [3.63, 3.8) is 0 Å². The summed E-state index contributed by atoms with van der Waals surface area (Å²) in [6.45, 7) is 1.67. The molecule has 2 rings (SSSR count). The molecule has 1 N–H and O–H groups in total. The van der Waals surface area contributed by atoms with Crippen LogP contribution in [-0.4, -0.2) is 61.0 Å². The van der Waals surface area contributed by atoms with Crippen LogP contribution in [0.4, 0.5) is 0 Å². The summed E-state index contributed by atoms with van der Waals surface area (Å²) in [7, 11) is 1.74. The number of methoxy groups -OCH3 is 1. The minimum Gasteiger partial charge on any atom is -0.480 e. The number of ether oxygens (including phenoxy) is 2. The maximum absolute atomic E-state index is 11.2. The molecule has 2 aliphatic rings. The fourth-order valence-corrected chi connectivity index (χ4v) is 2.90. The molecule has 5 nitrogen and oxygen atoms in total. The zero-order valence-corrected chi connectivity index (χ0v) is 10.3. The van der Waals surface area contributed by atoms with Gasteiger partial charge in [-0.1, -0.05) is 0 Å². The average Bonchev–Trinajstić information content (AvgIpc) is 2.39. The van der Waals surface area contributed by atoms with Crippen molar-refractivity contribution < 1.29 is 19.4 Å². The molecule has 1 saturated heterocycles. The Hall–Kier alpha value is -0.650. The van der Waals surface area contributed by atoms with E-state index >= 15 is 0 Å². The van der Waals surface area contributed by atoms with Gasteiger partial charge in [-0.3, -0.25) is 9.69 Å². The molecule has 0 radical (unpaired) electrons. The molecule has 2 fully saturated rings. The minimum atomic E-state index is -0.774. The van der Waals surface area contributed by atoms with Gasteiger partial charge in [-0.25, -0.2) is 0 Å². The van der Waals surface area contributed by atoms with E-state index in [0.717, 1.165) is 32.2 Å². The molecule has 1 saturated carbocycles. The van der Waals surface area contributed by atoms with Crippen molar-refractivity contribution in [1.82, 2.24) is 4.90 Å². The van der Waals surface area contributed by atoms with Crippen molar-refractivity contribution in [2.45, 2.75) is 43.9 Å². The quantitative estimate of drug-likeness (QED) is 0.792. The molecule has 0 aromatic heterocycles. The third-order valence-corrected chi connectivity index (χ3v) is 3.86. The first-order chi connectivity index (χ1) is 8.22. The van der Waals surface area contributed by atoms with Gasteiger partial charge in [0.2, 0.25) is 0 Å². The Labute approximate surface area is 102 Å². The van der Waals surface area contributed by atoms with Crippen molar-refractivity contribution in [3.05, 3.63) is 0 Å². The van der Waals surface area contributed by atoms with E-state index in [-0.39, 0.29) is 6.10 Å². The molecule has 0 aromatic carbocycles. The van der Waals surface area contributed by atoms with Gasteiger partial charge in [0.15, 0.2) is 0 Å². The van der Waals surface area contributed by atoms with Crippen LogP contribution in [0.1, 0.15) is 25.7 Å². The highest BCUT2D eigenvalue weighted by Gasteiger charge is 2.36. The third-order valence-electron chi connectivity index (χ3n) is 3.86. The molecular formula is C12H21NO4. The number of hydrogen-bond acceptors (Lipinski definition) is 4. The Balaban J connectivity index is 2.00. The smallest absolute Gasteiger partial charge is 0.323 e. The van der Waals surface area contributed by atoms with Crippen molar-refractivity contribution in [2.75, 3.05) is 26.9 Å². The third kappa shape index (κ3) is 2.97. The second kappa shape index (κ2) is 5.80. The molecule has 0 amide bonds. The van der Waals surface area contributed by atoms with Crippen LogP contribution < -0.4 is 0 Å². The van der Waals surface area contributed by atoms with E-state index < -0.39 is 12.0 Å². The largest absolute Gasteiger partial charge is 0.480 e. The highest BCUT2D eigenvalue weighted by molar-refractivity contribution is 5.73. The molecule has 3 atom stereocenters. The molecule has 17 heavy (non-hydrogen) atoms. The SMILES string of the molecule is COC1CCCC(N2CCOCC2C(=O)O)C1. The predicted molar refractivity (Wildman–Crippen MR) is 62.0 cm³/mol. The molecule has 1 aliphatic heterocycles. The van der Waals surface area contributed by atoms with Crippen LogP contribution in [-0.2, 0) is 14.3 Å². The van der Waals surface area contributed by atoms with E-state index in [2.05, 4.69) is 4.90 Å². The van der Waals surface area contributed by atoms with Crippen molar-refractivity contribution in [3.8, 4) is 0 Å². The maximum atomic E-state index is 11.2. The van der Waals surface area contributed by atoms with Crippen LogP contribution in [0.15, 0.2) is 0 Å². The molecule has 0 bridgehead atoms. The van der Waals surface area contributed by atoms with Crippen LogP contribution in [0.5, 0.6) is 0 Å². The van der Waals surface area contributed by atoms with Gasteiger partial charge in [0.1, 0.15) is 6.04 Å². The summed E-state index contributed by atoms with van der Waals surface area (Å²) < 4.78 is 10.7. The summed E-state index contributed by atoms with van der Waals surface area (Å²) >= 11 is 0. The van der Waals surface area contributed by atoms with Crippen LogP contribution in [0.2, 0.25) is 0 Å². The first kappa shape index (κ1) is 12.8. The van der Waals surface area contributed by atoms with E-state index in [4.69, 9.17) is 9.47 Å². The van der Waals surface area contributed by atoms with E-state index in [1.807, 2.05) is 0 Å². The number of rotatable bonds is 3. The number of nitrogens with zero attached hydrogens (tertiary/aromatic N) is 1. The topological polar surface area (TPSA) is 59.0 Å². The van der Waals surface area contributed by atoms with E-state index in [1.165, 1.54) is 0 Å². The fraction of sp³-hybridized carbons (Fsp3) is 0.917. The van der Waals surface area contributed by atoms with Crippen LogP contribution in [0, 0.1) is 0 Å². The monoisotopic (exact) mass is 243 g/mol. The van der Waals surface area contributed by atoms with Gasteiger partial charge in [0.25, 0.3) is 0 Å². The zero-order valence-electron chi connectivity index (χ0n) is 10.3. The Bertz CT molecular complexity index is 271. The zero-order chi connectivity index (χ0) is 12.3. The normalized spacial score (nSPS) is 35.7. The molecule has 98 valence electrons. The number of aliphatic carboxylic acids is 1. The summed E-state index contributed by atoms with van der Waals surface area (Å²) in [5.74, 6) is -0.774. The number of morpholine rings is 1. The second-order valence-electron chi connectivity index (χ2n) is 4.84. The highest BCUT2D eigenvalue weighted by atomic mass is 16.5. The predicted octanol–water partition coefficient (Wildman–Crippen LogP) is 0.729. The van der Waals surface area contributed by atoms with Crippen LogP contribution in [0.3, 0.4) is 0 Å². The standard InChI is InChI=1S/C12H21NO4/c1-16-10-4-2-3-9(7-10)13-5-6-17-8-11(13)12(14)15/h9-11H,2-8H2,1H3,(H,14,15). The van der Waals surface area contributed by atoms with Gasteiger partial charge in [0, 0.05) is 19.7 Å². The molecule has 0 aromatic rings. The lowest BCUT2D eigenvalue weighted by Crippen LogP contribution is -2.55.